The Bertz CT molecular complexity index is 698. The van der Waals surface area contributed by atoms with Crippen LogP contribution in [-0.2, 0) is 0 Å². The van der Waals surface area contributed by atoms with Gasteiger partial charge in [-0.1, -0.05) is 62.4 Å². The molecule has 0 nitrogen and oxygen atoms in total. The van der Waals surface area contributed by atoms with E-state index < -0.39 is 0 Å². The van der Waals surface area contributed by atoms with Crippen LogP contribution in [0, 0.1) is 0 Å². The Morgan fingerprint density at radius 2 is 1.39 bits per heavy atom. The van der Waals surface area contributed by atoms with Crippen LogP contribution in [0.25, 0.3) is 21.5 Å². The Morgan fingerprint density at radius 1 is 0.778 bits per heavy atom. The molecule has 0 aliphatic rings. The minimum Gasteiger partial charge on any atom is -0.123 e. The van der Waals surface area contributed by atoms with Gasteiger partial charge in [-0.25, -0.2) is 0 Å². The van der Waals surface area contributed by atoms with Crippen molar-refractivity contribution in [2.75, 3.05) is 0 Å². The fourth-order valence-electron chi connectivity index (χ4n) is 2.37. The van der Waals surface area contributed by atoms with Crippen molar-refractivity contribution in [1.29, 1.82) is 0 Å². The summed E-state index contributed by atoms with van der Waals surface area (Å²) in [6.07, 6.45) is 0. The summed E-state index contributed by atoms with van der Waals surface area (Å²) in [5.74, 6) is 0. The second-order valence-electron chi connectivity index (χ2n) is 4.81. The standard InChI is InChI=1S/C17H16S/c1-12(2)18-17-11-13-7-3-4-8-14(13)15-9-5-6-10-16(15)17/h3-12H,1-2H3. The third-order valence-electron chi connectivity index (χ3n) is 3.09. The number of hydrogen-bond acceptors (Lipinski definition) is 1. The predicted octanol–water partition coefficient (Wildman–Crippen LogP) is 5.49. The molecule has 0 aromatic heterocycles. The van der Waals surface area contributed by atoms with E-state index in [-0.39, 0.29) is 0 Å². The monoisotopic (exact) mass is 252 g/mol. The van der Waals surface area contributed by atoms with Crippen LogP contribution in [0.2, 0.25) is 0 Å². The molecular formula is C17H16S. The quantitative estimate of drug-likeness (QED) is 0.429. The predicted molar refractivity (Wildman–Crippen MR) is 82.4 cm³/mol. The zero-order valence-electron chi connectivity index (χ0n) is 10.7. The van der Waals surface area contributed by atoms with Gasteiger partial charge in [-0.3, -0.25) is 0 Å². The minimum atomic E-state index is 0.606. The highest BCUT2D eigenvalue weighted by molar-refractivity contribution is 8.00. The fraction of sp³-hybridized carbons (Fsp3) is 0.176. The first-order chi connectivity index (χ1) is 8.75. The lowest BCUT2D eigenvalue weighted by atomic mass is 10.0. The highest BCUT2D eigenvalue weighted by Crippen LogP contribution is 2.35. The lowest BCUT2D eigenvalue weighted by molar-refractivity contribution is 1.11. The zero-order valence-corrected chi connectivity index (χ0v) is 11.5. The molecule has 3 aromatic carbocycles. The summed E-state index contributed by atoms with van der Waals surface area (Å²) in [7, 11) is 0. The number of fused-ring (bicyclic) bond motifs is 3. The van der Waals surface area contributed by atoms with Crippen molar-refractivity contribution < 1.29 is 0 Å². The molecule has 0 heterocycles. The van der Waals surface area contributed by atoms with Crippen molar-refractivity contribution in [2.45, 2.75) is 24.0 Å². The average molecular weight is 252 g/mol. The van der Waals surface area contributed by atoms with Gasteiger partial charge in [0.1, 0.15) is 0 Å². The topological polar surface area (TPSA) is 0 Å². The molecule has 0 aliphatic carbocycles. The molecule has 0 aliphatic heterocycles. The summed E-state index contributed by atoms with van der Waals surface area (Å²) in [5.41, 5.74) is 0. The van der Waals surface area contributed by atoms with Gasteiger partial charge in [0, 0.05) is 10.1 Å². The Kier molecular flexibility index (Phi) is 3.00. The molecule has 0 N–H and O–H groups in total. The smallest absolute Gasteiger partial charge is 0.0159 e. The molecule has 0 saturated carbocycles. The van der Waals surface area contributed by atoms with Crippen LogP contribution in [0.3, 0.4) is 0 Å². The Hall–Kier alpha value is -1.47. The fourth-order valence-corrected chi connectivity index (χ4v) is 3.38. The van der Waals surface area contributed by atoms with Crippen molar-refractivity contribution in [1.82, 2.24) is 0 Å². The molecule has 0 radical (unpaired) electrons. The first-order valence-electron chi connectivity index (χ1n) is 6.33. The van der Waals surface area contributed by atoms with Crippen molar-refractivity contribution in [3.05, 3.63) is 54.6 Å². The SMILES string of the molecule is CC(C)Sc1cc2ccccc2c2ccccc12. The summed E-state index contributed by atoms with van der Waals surface area (Å²) < 4.78 is 0. The second-order valence-corrected chi connectivity index (χ2v) is 6.43. The molecule has 3 rings (SSSR count). The van der Waals surface area contributed by atoms with Crippen LogP contribution in [0.5, 0.6) is 0 Å². The van der Waals surface area contributed by atoms with Crippen LogP contribution in [0.4, 0.5) is 0 Å². The third-order valence-corrected chi connectivity index (χ3v) is 4.16. The van der Waals surface area contributed by atoms with Crippen LogP contribution < -0.4 is 0 Å². The van der Waals surface area contributed by atoms with E-state index in [1.165, 1.54) is 26.4 Å². The van der Waals surface area contributed by atoms with E-state index in [1.54, 1.807) is 0 Å². The lowest BCUT2D eigenvalue weighted by Gasteiger charge is -2.11. The van der Waals surface area contributed by atoms with Gasteiger partial charge in [-0.2, -0.15) is 0 Å². The summed E-state index contributed by atoms with van der Waals surface area (Å²) in [5, 5.41) is 6.02. The molecule has 0 saturated heterocycles. The molecule has 18 heavy (non-hydrogen) atoms. The first kappa shape index (κ1) is 11.6. The second kappa shape index (κ2) is 4.66. The van der Waals surface area contributed by atoms with E-state index in [0.29, 0.717) is 5.25 Å². The lowest BCUT2D eigenvalue weighted by Crippen LogP contribution is -1.88. The Balaban J connectivity index is 2.39. The molecule has 90 valence electrons. The van der Waals surface area contributed by atoms with E-state index in [4.69, 9.17) is 0 Å². The number of rotatable bonds is 2. The van der Waals surface area contributed by atoms with Crippen LogP contribution in [0.15, 0.2) is 59.5 Å². The van der Waals surface area contributed by atoms with Gasteiger partial charge in [0.25, 0.3) is 0 Å². The number of benzene rings is 3. The van der Waals surface area contributed by atoms with Gasteiger partial charge < -0.3 is 0 Å². The normalized spacial score (nSPS) is 11.5. The van der Waals surface area contributed by atoms with E-state index in [0.717, 1.165) is 0 Å². The van der Waals surface area contributed by atoms with E-state index >= 15 is 0 Å². The van der Waals surface area contributed by atoms with Gasteiger partial charge in [-0.05, 0) is 27.6 Å². The number of hydrogen-bond donors (Lipinski definition) is 0. The average Bonchev–Trinajstić information content (AvgIpc) is 2.38. The zero-order chi connectivity index (χ0) is 12.5. The molecule has 0 amide bonds. The van der Waals surface area contributed by atoms with Gasteiger partial charge in [0.2, 0.25) is 0 Å². The molecular weight excluding hydrogens is 236 g/mol. The third kappa shape index (κ3) is 1.99. The summed E-state index contributed by atoms with van der Waals surface area (Å²) in [6, 6.07) is 19.7. The molecule has 0 atom stereocenters. The maximum absolute atomic E-state index is 2.32. The number of thioether (sulfide) groups is 1. The van der Waals surface area contributed by atoms with Crippen LogP contribution in [0.1, 0.15) is 13.8 Å². The highest BCUT2D eigenvalue weighted by atomic mass is 32.2. The first-order valence-corrected chi connectivity index (χ1v) is 7.21. The van der Waals surface area contributed by atoms with Gasteiger partial charge in [0.05, 0.1) is 0 Å². The molecule has 0 fully saturated rings. The molecule has 0 spiro atoms. The minimum absolute atomic E-state index is 0.606. The van der Waals surface area contributed by atoms with Crippen LogP contribution in [-0.4, -0.2) is 5.25 Å². The van der Waals surface area contributed by atoms with E-state index in [1.807, 2.05) is 11.8 Å². The van der Waals surface area contributed by atoms with Crippen molar-refractivity contribution in [2.24, 2.45) is 0 Å². The van der Waals surface area contributed by atoms with Crippen molar-refractivity contribution in [3.8, 4) is 0 Å². The van der Waals surface area contributed by atoms with Gasteiger partial charge in [-0.15, -0.1) is 11.8 Å². The van der Waals surface area contributed by atoms with E-state index in [2.05, 4.69) is 68.4 Å². The molecule has 0 bridgehead atoms. The maximum Gasteiger partial charge on any atom is 0.0159 e. The van der Waals surface area contributed by atoms with Crippen molar-refractivity contribution in [3.63, 3.8) is 0 Å². The van der Waals surface area contributed by atoms with Gasteiger partial charge >= 0.3 is 0 Å². The van der Waals surface area contributed by atoms with Crippen molar-refractivity contribution >= 4 is 33.3 Å². The summed E-state index contributed by atoms with van der Waals surface area (Å²) in [4.78, 5) is 1.39. The molecule has 3 aromatic rings. The Morgan fingerprint density at radius 3 is 2.11 bits per heavy atom. The van der Waals surface area contributed by atoms with Crippen LogP contribution >= 0.6 is 11.8 Å². The largest absolute Gasteiger partial charge is 0.123 e. The van der Waals surface area contributed by atoms with Gasteiger partial charge in [0.15, 0.2) is 0 Å². The maximum atomic E-state index is 2.32. The van der Waals surface area contributed by atoms with E-state index in [9.17, 15) is 0 Å². The summed E-state index contributed by atoms with van der Waals surface area (Å²) >= 11 is 1.94. The Labute approximate surface area is 112 Å². The highest BCUT2D eigenvalue weighted by Gasteiger charge is 2.07. The molecule has 1 heteroatoms. The summed E-state index contributed by atoms with van der Waals surface area (Å²) in [6.45, 7) is 4.49. The molecule has 0 unspecified atom stereocenters.